The molecule has 1 saturated carbocycles. The lowest BCUT2D eigenvalue weighted by Crippen LogP contribution is -2.38. The number of aryl methyl sites for hydroxylation is 1. The van der Waals surface area contributed by atoms with E-state index < -0.39 is 0 Å². The lowest BCUT2D eigenvalue weighted by Gasteiger charge is -2.28. The summed E-state index contributed by atoms with van der Waals surface area (Å²) in [4.78, 5) is 14.6. The zero-order valence-corrected chi connectivity index (χ0v) is 16.6. The van der Waals surface area contributed by atoms with Crippen molar-refractivity contribution in [3.8, 4) is 5.69 Å². The predicted molar refractivity (Wildman–Crippen MR) is 107 cm³/mol. The molecular formula is C20H26N4O2S. The SMILES string of the molecule is CCc1ccccc1-n1c(S[C@@H]2CCCCC2=O)nnc1N1CCOCC1. The highest BCUT2D eigenvalue weighted by Gasteiger charge is 2.28. The molecule has 2 heterocycles. The Bertz CT molecular complexity index is 801. The van der Waals surface area contributed by atoms with E-state index >= 15 is 0 Å². The van der Waals surface area contributed by atoms with E-state index in [0.29, 0.717) is 25.4 Å². The van der Waals surface area contributed by atoms with Crippen LogP contribution in [0, 0.1) is 0 Å². The van der Waals surface area contributed by atoms with Crippen molar-refractivity contribution in [1.29, 1.82) is 0 Å². The molecule has 27 heavy (non-hydrogen) atoms. The highest BCUT2D eigenvalue weighted by Crippen LogP contribution is 2.35. The molecule has 6 nitrogen and oxygen atoms in total. The summed E-state index contributed by atoms with van der Waals surface area (Å²) in [6.07, 6.45) is 4.68. The van der Waals surface area contributed by atoms with Crippen molar-refractivity contribution >= 4 is 23.5 Å². The molecule has 2 aliphatic rings. The van der Waals surface area contributed by atoms with E-state index in [1.165, 1.54) is 5.56 Å². The quantitative estimate of drug-likeness (QED) is 0.786. The van der Waals surface area contributed by atoms with Crippen molar-refractivity contribution in [2.24, 2.45) is 0 Å². The summed E-state index contributed by atoms with van der Waals surface area (Å²) in [6.45, 7) is 5.17. The fourth-order valence-corrected chi connectivity index (χ4v) is 4.91. The van der Waals surface area contributed by atoms with Gasteiger partial charge < -0.3 is 9.64 Å². The van der Waals surface area contributed by atoms with E-state index in [-0.39, 0.29) is 5.25 Å². The van der Waals surface area contributed by atoms with Gasteiger partial charge in [0.25, 0.3) is 0 Å². The molecule has 0 spiro atoms. The Balaban J connectivity index is 1.74. The second kappa shape index (κ2) is 8.44. The zero-order valence-electron chi connectivity index (χ0n) is 15.8. The number of Topliss-reactive ketones (excluding diaryl/α,β-unsaturated/α-hetero) is 1. The number of ether oxygens (including phenoxy) is 1. The average molecular weight is 387 g/mol. The summed E-state index contributed by atoms with van der Waals surface area (Å²) >= 11 is 1.58. The van der Waals surface area contributed by atoms with Crippen molar-refractivity contribution in [2.75, 3.05) is 31.2 Å². The highest BCUT2D eigenvalue weighted by molar-refractivity contribution is 8.00. The second-order valence-electron chi connectivity index (χ2n) is 7.02. The third kappa shape index (κ3) is 3.89. The van der Waals surface area contributed by atoms with Crippen molar-refractivity contribution in [2.45, 2.75) is 49.4 Å². The molecular weight excluding hydrogens is 360 g/mol. The molecule has 0 unspecified atom stereocenters. The van der Waals surface area contributed by atoms with Crippen LogP contribution in [0.15, 0.2) is 29.4 Å². The summed E-state index contributed by atoms with van der Waals surface area (Å²) in [5, 5.41) is 9.86. The lowest BCUT2D eigenvalue weighted by atomic mass is 9.99. The molecule has 7 heteroatoms. The summed E-state index contributed by atoms with van der Waals surface area (Å²) < 4.78 is 7.65. The predicted octanol–water partition coefficient (Wildman–Crippen LogP) is 3.27. The van der Waals surface area contributed by atoms with E-state index in [2.05, 4.69) is 50.9 Å². The second-order valence-corrected chi connectivity index (χ2v) is 8.19. The van der Waals surface area contributed by atoms with Gasteiger partial charge in [-0.2, -0.15) is 0 Å². The number of carbonyl (C=O) groups is 1. The topological polar surface area (TPSA) is 60.2 Å². The fraction of sp³-hybridized carbons (Fsp3) is 0.550. The average Bonchev–Trinajstić information content (AvgIpc) is 3.13. The summed E-state index contributed by atoms with van der Waals surface area (Å²) in [6, 6.07) is 8.40. The number of thioether (sulfide) groups is 1. The molecule has 1 atom stereocenters. The van der Waals surface area contributed by atoms with Crippen LogP contribution in [0.3, 0.4) is 0 Å². The van der Waals surface area contributed by atoms with Gasteiger partial charge in [-0.05, 0) is 30.9 Å². The van der Waals surface area contributed by atoms with E-state index in [1.54, 1.807) is 11.8 Å². The number of hydrogen-bond acceptors (Lipinski definition) is 6. The zero-order chi connectivity index (χ0) is 18.6. The molecule has 1 aromatic heterocycles. The first kappa shape index (κ1) is 18.5. The van der Waals surface area contributed by atoms with Crippen LogP contribution >= 0.6 is 11.8 Å². The van der Waals surface area contributed by atoms with Gasteiger partial charge in [-0.15, -0.1) is 10.2 Å². The fourth-order valence-electron chi connectivity index (χ4n) is 3.75. The summed E-state index contributed by atoms with van der Waals surface area (Å²) in [7, 11) is 0. The first-order valence-corrected chi connectivity index (χ1v) is 10.7. The van der Waals surface area contributed by atoms with Crippen LogP contribution < -0.4 is 4.90 Å². The van der Waals surface area contributed by atoms with Gasteiger partial charge in [-0.25, -0.2) is 0 Å². The molecule has 1 saturated heterocycles. The highest BCUT2D eigenvalue weighted by atomic mass is 32.2. The van der Waals surface area contributed by atoms with Gasteiger partial charge in [-0.1, -0.05) is 43.3 Å². The minimum absolute atomic E-state index is 0.00646. The number of benzene rings is 1. The molecule has 144 valence electrons. The lowest BCUT2D eigenvalue weighted by molar-refractivity contribution is -0.119. The van der Waals surface area contributed by atoms with Gasteiger partial charge in [0.15, 0.2) is 5.16 Å². The molecule has 0 amide bonds. The number of ketones is 1. The van der Waals surface area contributed by atoms with Crippen LogP contribution in [0.5, 0.6) is 0 Å². The van der Waals surface area contributed by atoms with Gasteiger partial charge >= 0.3 is 0 Å². The maximum absolute atomic E-state index is 12.4. The molecule has 0 bridgehead atoms. The number of carbonyl (C=O) groups excluding carboxylic acids is 1. The molecule has 4 rings (SSSR count). The van der Waals surface area contributed by atoms with Crippen LogP contribution in [0.1, 0.15) is 38.2 Å². The van der Waals surface area contributed by atoms with E-state index in [1.807, 2.05) is 0 Å². The number of aromatic nitrogens is 3. The Morgan fingerprint density at radius 1 is 1.19 bits per heavy atom. The first-order valence-electron chi connectivity index (χ1n) is 9.83. The van der Waals surface area contributed by atoms with Crippen molar-refractivity contribution < 1.29 is 9.53 Å². The standard InChI is InChI=1S/C20H26N4O2S/c1-2-15-7-3-4-8-16(15)24-19(23-11-13-26-14-12-23)21-22-20(24)27-18-10-6-5-9-17(18)25/h3-4,7-8,18H,2,5-6,9-14H2,1H3/t18-/m1/s1. The normalized spacial score (nSPS) is 20.9. The Morgan fingerprint density at radius 3 is 2.78 bits per heavy atom. The van der Waals surface area contributed by atoms with Crippen LogP contribution in [-0.4, -0.2) is 52.1 Å². The smallest absolute Gasteiger partial charge is 0.232 e. The summed E-state index contributed by atoms with van der Waals surface area (Å²) in [5.41, 5.74) is 2.36. The Morgan fingerprint density at radius 2 is 2.00 bits per heavy atom. The maximum Gasteiger partial charge on any atom is 0.232 e. The number of nitrogens with zero attached hydrogens (tertiary/aromatic N) is 4. The van der Waals surface area contributed by atoms with E-state index in [4.69, 9.17) is 4.74 Å². The Kier molecular flexibility index (Phi) is 5.78. The number of para-hydroxylation sites is 1. The van der Waals surface area contributed by atoms with Crippen LogP contribution in [-0.2, 0) is 16.0 Å². The number of anilines is 1. The number of morpholine rings is 1. The number of hydrogen-bond donors (Lipinski definition) is 0. The van der Waals surface area contributed by atoms with Gasteiger partial charge in [0, 0.05) is 19.5 Å². The largest absolute Gasteiger partial charge is 0.378 e. The summed E-state index contributed by atoms with van der Waals surface area (Å²) in [5.74, 6) is 1.20. The van der Waals surface area contributed by atoms with Crippen LogP contribution in [0.4, 0.5) is 5.95 Å². The van der Waals surface area contributed by atoms with E-state index in [9.17, 15) is 4.79 Å². The van der Waals surface area contributed by atoms with Gasteiger partial charge in [0.05, 0.1) is 24.2 Å². The van der Waals surface area contributed by atoms with Crippen molar-refractivity contribution in [1.82, 2.24) is 14.8 Å². The van der Waals surface area contributed by atoms with Crippen LogP contribution in [0.25, 0.3) is 5.69 Å². The molecule has 1 aliphatic carbocycles. The number of rotatable bonds is 5. The molecule has 2 aromatic rings. The molecule has 0 N–H and O–H groups in total. The molecule has 1 aromatic carbocycles. The molecule has 1 aliphatic heterocycles. The molecule has 0 radical (unpaired) electrons. The van der Waals surface area contributed by atoms with Gasteiger partial charge in [0.2, 0.25) is 5.95 Å². The monoisotopic (exact) mass is 386 g/mol. The van der Waals surface area contributed by atoms with E-state index in [0.717, 1.165) is 55.6 Å². The minimum atomic E-state index is -0.00646. The van der Waals surface area contributed by atoms with Gasteiger partial charge in [0.1, 0.15) is 5.78 Å². The van der Waals surface area contributed by atoms with Gasteiger partial charge in [-0.3, -0.25) is 9.36 Å². The minimum Gasteiger partial charge on any atom is -0.378 e. The third-order valence-corrected chi connectivity index (χ3v) is 6.53. The van der Waals surface area contributed by atoms with Crippen LogP contribution in [0.2, 0.25) is 0 Å². The van der Waals surface area contributed by atoms with Crippen molar-refractivity contribution in [3.63, 3.8) is 0 Å². The maximum atomic E-state index is 12.4. The Hall–Kier alpha value is -1.86. The molecule has 2 fully saturated rings. The van der Waals surface area contributed by atoms with Crippen molar-refractivity contribution in [3.05, 3.63) is 29.8 Å². The third-order valence-electron chi connectivity index (χ3n) is 5.27. The Labute approximate surface area is 164 Å². The first-order chi connectivity index (χ1) is 13.3.